The van der Waals surface area contributed by atoms with Gasteiger partial charge >= 0.3 is 0 Å². The molecule has 0 amide bonds. The zero-order chi connectivity index (χ0) is 12.4. The molecule has 88 valence electrons. The van der Waals surface area contributed by atoms with Crippen LogP contribution in [0.3, 0.4) is 0 Å². The molecule has 1 nitrogen and oxygen atoms in total. The quantitative estimate of drug-likeness (QED) is 0.654. The Morgan fingerprint density at radius 2 is 1.13 bits per heavy atom. The fourth-order valence-corrected chi connectivity index (χ4v) is 1.49. The fraction of sp³-hybridized carbons (Fsp3) is 0.571. The van der Waals surface area contributed by atoms with E-state index in [4.69, 9.17) is 4.74 Å². The van der Waals surface area contributed by atoms with Crippen LogP contribution >= 0.6 is 0 Å². The molecule has 1 heteroatoms. The highest BCUT2D eigenvalue weighted by Crippen LogP contribution is 2.23. The Kier molecular flexibility index (Phi) is 10.5. The van der Waals surface area contributed by atoms with Crippen LogP contribution in [0.5, 0.6) is 5.75 Å². The number of ether oxygens (including phenoxy) is 1. The van der Waals surface area contributed by atoms with Gasteiger partial charge in [-0.3, -0.25) is 0 Å². The lowest BCUT2D eigenvalue weighted by Crippen LogP contribution is -1.91. The first-order valence-corrected chi connectivity index (χ1v) is 5.77. The first-order valence-electron chi connectivity index (χ1n) is 5.77. The minimum atomic E-state index is 1.01. The van der Waals surface area contributed by atoms with Gasteiger partial charge in [0.2, 0.25) is 0 Å². The normalized spacial score (nSPS) is 8.00. The Morgan fingerprint density at radius 3 is 1.40 bits per heavy atom. The minimum Gasteiger partial charge on any atom is -0.496 e. The predicted molar refractivity (Wildman–Crippen MR) is 69.9 cm³/mol. The van der Waals surface area contributed by atoms with E-state index in [9.17, 15) is 0 Å². The van der Waals surface area contributed by atoms with E-state index < -0.39 is 0 Å². The lowest BCUT2D eigenvalue weighted by atomic mass is 10.1. The summed E-state index contributed by atoms with van der Waals surface area (Å²) in [5.41, 5.74) is 3.72. The monoisotopic (exact) mass is 210 g/mol. The Hall–Kier alpha value is -0.980. The van der Waals surface area contributed by atoms with Crippen LogP contribution in [-0.4, -0.2) is 7.11 Å². The molecule has 0 unspecified atom stereocenters. The summed E-state index contributed by atoms with van der Waals surface area (Å²) < 4.78 is 5.23. The maximum Gasteiger partial charge on any atom is 0.124 e. The van der Waals surface area contributed by atoms with Crippen molar-refractivity contribution in [2.75, 3.05) is 7.11 Å². The molecular weight excluding hydrogens is 184 g/mol. The summed E-state index contributed by atoms with van der Waals surface area (Å²) in [5.74, 6) is 1.01. The SMILES string of the molecule is CC.CC.COc1c(C)cc(C)cc1C. The van der Waals surface area contributed by atoms with Crippen molar-refractivity contribution in [3.05, 3.63) is 28.8 Å². The number of hydrogen-bond acceptors (Lipinski definition) is 1. The molecule has 0 aromatic heterocycles. The topological polar surface area (TPSA) is 9.23 Å². The molecule has 0 saturated carbocycles. The van der Waals surface area contributed by atoms with Crippen molar-refractivity contribution in [2.24, 2.45) is 0 Å². The standard InChI is InChI=1S/C10H14O.2C2H6/c1-7-5-8(2)10(11-4)9(3)6-7;2*1-2/h5-6H,1-4H3;2*1-2H3. The van der Waals surface area contributed by atoms with Gasteiger partial charge in [0.1, 0.15) is 5.75 Å². The van der Waals surface area contributed by atoms with Gasteiger partial charge in [-0.25, -0.2) is 0 Å². The van der Waals surface area contributed by atoms with Crippen LogP contribution in [0.15, 0.2) is 12.1 Å². The van der Waals surface area contributed by atoms with Gasteiger partial charge in [-0.1, -0.05) is 45.4 Å². The maximum atomic E-state index is 5.23. The van der Waals surface area contributed by atoms with Gasteiger partial charge < -0.3 is 4.74 Å². The summed E-state index contributed by atoms with van der Waals surface area (Å²) in [6.45, 7) is 14.2. The van der Waals surface area contributed by atoms with Crippen molar-refractivity contribution in [2.45, 2.75) is 48.5 Å². The number of rotatable bonds is 1. The van der Waals surface area contributed by atoms with Gasteiger partial charge in [0.15, 0.2) is 0 Å². The Labute approximate surface area is 95.5 Å². The van der Waals surface area contributed by atoms with Crippen LogP contribution in [0.4, 0.5) is 0 Å². The van der Waals surface area contributed by atoms with Gasteiger partial charge in [0.25, 0.3) is 0 Å². The molecule has 0 fully saturated rings. The van der Waals surface area contributed by atoms with Gasteiger partial charge in [-0.15, -0.1) is 0 Å². The van der Waals surface area contributed by atoms with E-state index in [1.54, 1.807) is 7.11 Å². The first kappa shape index (κ1) is 16.4. The average molecular weight is 210 g/mol. The molecule has 0 bridgehead atoms. The summed E-state index contributed by atoms with van der Waals surface area (Å²) in [6.07, 6.45) is 0. The van der Waals surface area contributed by atoms with Crippen LogP contribution in [0.25, 0.3) is 0 Å². The van der Waals surface area contributed by atoms with Gasteiger partial charge in [-0.2, -0.15) is 0 Å². The van der Waals surface area contributed by atoms with E-state index in [0.717, 1.165) is 5.75 Å². The van der Waals surface area contributed by atoms with Crippen molar-refractivity contribution >= 4 is 0 Å². The first-order chi connectivity index (χ1) is 7.15. The molecule has 0 aliphatic carbocycles. The molecule has 0 spiro atoms. The van der Waals surface area contributed by atoms with E-state index in [-0.39, 0.29) is 0 Å². The van der Waals surface area contributed by atoms with Crippen molar-refractivity contribution in [3.8, 4) is 5.75 Å². The van der Waals surface area contributed by atoms with Crippen LogP contribution in [-0.2, 0) is 0 Å². The third kappa shape index (κ3) is 5.46. The smallest absolute Gasteiger partial charge is 0.124 e. The van der Waals surface area contributed by atoms with Crippen LogP contribution in [0, 0.1) is 20.8 Å². The number of hydrogen-bond donors (Lipinski definition) is 0. The van der Waals surface area contributed by atoms with Gasteiger partial charge in [-0.05, 0) is 31.9 Å². The maximum absolute atomic E-state index is 5.23. The highest BCUT2D eigenvalue weighted by molar-refractivity contribution is 5.42. The van der Waals surface area contributed by atoms with Crippen molar-refractivity contribution in [1.82, 2.24) is 0 Å². The number of benzene rings is 1. The van der Waals surface area contributed by atoms with Crippen LogP contribution in [0.2, 0.25) is 0 Å². The van der Waals surface area contributed by atoms with E-state index >= 15 is 0 Å². The molecule has 0 N–H and O–H groups in total. The van der Waals surface area contributed by atoms with Crippen molar-refractivity contribution in [1.29, 1.82) is 0 Å². The molecule has 1 aromatic rings. The van der Waals surface area contributed by atoms with Crippen LogP contribution in [0.1, 0.15) is 44.4 Å². The third-order valence-corrected chi connectivity index (χ3v) is 1.81. The largest absolute Gasteiger partial charge is 0.496 e. The highest BCUT2D eigenvalue weighted by atomic mass is 16.5. The van der Waals surface area contributed by atoms with E-state index in [0.29, 0.717) is 0 Å². The van der Waals surface area contributed by atoms with Crippen molar-refractivity contribution in [3.63, 3.8) is 0 Å². The second-order valence-corrected chi connectivity index (χ2v) is 2.93. The molecule has 0 aliphatic rings. The van der Waals surface area contributed by atoms with E-state index in [1.165, 1.54) is 16.7 Å². The second kappa shape index (κ2) is 9.57. The van der Waals surface area contributed by atoms with Gasteiger partial charge in [0.05, 0.1) is 7.11 Å². The zero-order valence-electron chi connectivity index (χ0n) is 11.6. The summed E-state index contributed by atoms with van der Waals surface area (Å²) in [6, 6.07) is 4.26. The Bertz CT molecular complexity index is 241. The Morgan fingerprint density at radius 1 is 0.800 bits per heavy atom. The van der Waals surface area contributed by atoms with Gasteiger partial charge in [0, 0.05) is 0 Å². The summed E-state index contributed by atoms with van der Waals surface area (Å²) in [5, 5.41) is 0. The average Bonchev–Trinajstić information content (AvgIpc) is 2.23. The molecule has 1 rings (SSSR count). The minimum absolute atomic E-state index is 1.01. The lowest BCUT2D eigenvalue weighted by molar-refractivity contribution is 0.408. The molecular formula is C14H26O. The van der Waals surface area contributed by atoms with Crippen LogP contribution < -0.4 is 4.74 Å². The molecule has 1 aromatic carbocycles. The number of aryl methyl sites for hydroxylation is 3. The molecule has 0 atom stereocenters. The second-order valence-electron chi connectivity index (χ2n) is 2.93. The fourth-order valence-electron chi connectivity index (χ4n) is 1.49. The molecule has 0 aliphatic heterocycles. The lowest BCUT2D eigenvalue weighted by Gasteiger charge is -2.08. The van der Waals surface area contributed by atoms with Crippen molar-refractivity contribution < 1.29 is 4.74 Å². The zero-order valence-corrected chi connectivity index (χ0v) is 11.6. The Balaban J connectivity index is 0. The summed E-state index contributed by atoms with van der Waals surface area (Å²) >= 11 is 0. The predicted octanol–water partition coefficient (Wildman–Crippen LogP) is 4.67. The number of methoxy groups -OCH3 is 1. The van der Waals surface area contributed by atoms with E-state index in [1.807, 2.05) is 27.7 Å². The summed E-state index contributed by atoms with van der Waals surface area (Å²) in [4.78, 5) is 0. The molecule has 15 heavy (non-hydrogen) atoms. The third-order valence-electron chi connectivity index (χ3n) is 1.81. The molecule has 0 saturated heterocycles. The molecule has 0 heterocycles. The van der Waals surface area contributed by atoms with E-state index in [2.05, 4.69) is 32.9 Å². The summed E-state index contributed by atoms with van der Waals surface area (Å²) in [7, 11) is 1.71. The molecule has 0 radical (unpaired) electrons. The highest BCUT2D eigenvalue weighted by Gasteiger charge is 2.01.